The number of nitrogens with zero attached hydrogens (tertiary/aromatic N) is 3. The summed E-state index contributed by atoms with van der Waals surface area (Å²) in [6.45, 7) is 5.71. The van der Waals surface area contributed by atoms with Crippen molar-refractivity contribution in [2.75, 3.05) is 19.7 Å². The number of piperidine rings is 1. The zero-order valence-corrected chi connectivity index (χ0v) is 13.0. The molecule has 0 atom stereocenters. The van der Waals surface area contributed by atoms with Crippen molar-refractivity contribution in [3.05, 3.63) is 17.7 Å². The van der Waals surface area contributed by atoms with Crippen molar-refractivity contribution in [3.63, 3.8) is 0 Å². The lowest BCUT2D eigenvalue weighted by Gasteiger charge is -2.31. The highest BCUT2D eigenvalue weighted by Gasteiger charge is 2.24. The van der Waals surface area contributed by atoms with E-state index in [4.69, 9.17) is 21.1 Å². The second-order valence-electron chi connectivity index (χ2n) is 5.36. The third-order valence-corrected chi connectivity index (χ3v) is 3.49. The molecule has 0 radical (unpaired) electrons. The molecule has 2 rings (SSSR count). The zero-order chi connectivity index (χ0) is 15.2. The first-order valence-corrected chi connectivity index (χ1v) is 7.48. The molecule has 0 unspecified atom stereocenters. The van der Waals surface area contributed by atoms with Crippen molar-refractivity contribution in [1.29, 1.82) is 0 Å². The van der Waals surface area contributed by atoms with Crippen LogP contribution in [0, 0.1) is 5.92 Å². The predicted molar refractivity (Wildman–Crippen MR) is 78.5 cm³/mol. The third kappa shape index (κ3) is 5.04. The first-order valence-electron chi connectivity index (χ1n) is 7.10. The minimum Gasteiger partial charge on any atom is -0.490 e. The van der Waals surface area contributed by atoms with E-state index < -0.39 is 0 Å². The molecule has 1 amide bonds. The Morgan fingerprint density at radius 3 is 2.57 bits per heavy atom. The van der Waals surface area contributed by atoms with Crippen LogP contribution in [-0.4, -0.2) is 46.8 Å². The Morgan fingerprint density at radius 2 is 2.00 bits per heavy atom. The summed E-state index contributed by atoms with van der Waals surface area (Å²) < 4.78 is 10.8. The quantitative estimate of drug-likeness (QED) is 0.800. The van der Waals surface area contributed by atoms with Crippen LogP contribution in [0.5, 0.6) is 5.75 Å². The second kappa shape index (κ2) is 7.45. The van der Waals surface area contributed by atoms with Gasteiger partial charge >= 0.3 is 6.09 Å². The Labute approximate surface area is 129 Å². The average Bonchev–Trinajstić information content (AvgIpc) is 2.46. The van der Waals surface area contributed by atoms with Crippen LogP contribution in [0.1, 0.15) is 26.7 Å². The van der Waals surface area contributed by atoms with Gasteiger partial charge in [0, 0.05) is 13.1 Å². The van der Waals surface area contributed by atoms with Crippen LogP contribution < -0.4 is 4.74 Å². The number of hydrogen-bond acceptors (Lipinski definition) is 5. The second-order valence-corrected chi connectivity index (χ2v) is 5.70. The van der Waals surface area contributed by atoms with Crippen molar-refractivity contribution in [2.45, 2.75) is 32.8 Å². The van der Waals surface area contributed by atoms with Crippen molar-refractivity contribution >= 4 is 17.7 Å². The number of likely N-dealkylation sites (tertiary alicyclic amines) is 1. The Bertz CT molecular complexity index is 459. The van der Waals surface area contributed by atoms with E-state index in [0.717, 1.165) is 12.8 Å². The van der Waals surface area contributed by atoms with E-state index in [1.807, 2.05) is 13.8 Å². The van der Waals surface area contributed by atoms with Gasteiger partial charge in [0.05, 0.1) is 25.1 Å². The van der Waals surface area contributed by atoms with Gasteiger partial charge in [0.1, 0.15) is 0 Å². The molecule has 1 aromatic rings. The normalized spacial score (nSPS) is 16.1. The topological polar surface area (TPSA) is 64.5 Å². The Morgan fingerprint density at radius 1 is 1.38 bits per heavy atom. The molecule has 1 aromatic heterocycles. The Hall–Kier alpha value is -1.56. The maximum absolute atomic E-state index is 11.8. The maximum Gasteiger partial charge on any atom is 0.410 e. The van der Waals surface area contributed by atoms with E-state index in [-0.39, 0.29) is 17.5 Å². The summed E-state index contributed by atoms with van der Waals surface area (Å²) in [6.07, 6.45) is 4.62. The zero-order valence-electron chi connectivity index (χ0n) is 12.3. The SMILES string of the molecule is CC(C)OC(=O)N1CCC(COc2cnc(Cl)nc2)CC1. The van der Waals surface area contributed by atoms with Crippen LogP contribution in [-0.2, 0) is 4.74 Å². The van der Waals surface area contributed by atoms with Gasteiger partial charge in [-0.3, -0.25) is 0 Å². The number of ether oxygens (including phenoxy) is 2. The standard InChI is InChI=1S/C14H20ClN3O3/c1-10(2)21-14(19)18-5-3-11(4-6-18)9-20-12-7-16-13(15)17-8-12/h7-8,10-11H,3-6,9H2,1-2H3. The van der Waals surface area contributed by atoms with E-state index >= 15 is 0 Å². The lowest BCUT2D eigenvalue weighted by molar-refractivity contribution is 0.0608. The minimum absolute atomic E-state index is 0.0801. The van der Waals surface area contributed by atoms with Gasteiger partial charge in [0.2, 0.25) is 5.28 Å². The maximum atomic E-state index is 11.8. The fraction of sp³-hybridized carbons (Fsp3) is 0.643. The van der Waals surface area contributed by atoms with Gasteiger partial charge in [0.15, 0.2) is 5.75 Å². The van der Waals surface area contributed by atoms with Crippen molar-refractivity contribution in [1.82, 2.24) is 14.9 Å². The molecule has 0 aliphatic carbocycles. The number of aromatic nitrogens is 2. The molecule has 0 spiro atoms. The molecular weight excluding hydrogens is 294 g/mol. The summed E-state index contributed by atoms with van der Waals surface area (Å²) in [6, 6.07) is 0. The largest absolute Gasteiger partial charge is 0.490 e. The molecule has 1 aliphatic rings. The van der Waals surface area contributed by atoms with Crippen LogP contribution in [0.4, 0.5) is 4.79 Å². The molecule has 21 heavy (non-hydrogen) atoms. The van der Waals surface area contributed by atoms with Gasteiger partial charge in [-0.25, -0.2) is 14.8 Å². The molecule has 1 saturated heterocycles. The Balaban J connectivity index is 1.71. The number of carbonyl (C=O) groups excluding carboxylic acids is 1. The van der Waals surface area contributed by atoms with Gasteiger partial charge < -0.3 is 14.4 Å². The summed E-state index contributed by atoms with van der Waals surface area (Å²) in [4.78, 5) is 21.3. The van der Waals surface area contributed by atoms with Crippen LogP contribution >= 0.6 is 11.6 Å². The number of rotatable bonds is 4. The highest BCUT2D eigenvalue weighted by atomic mass is 35.5. The van der Waals surface area contributed by atoms with Gasteiger partial charge in [-0.2, -0.15) is 0 Å². The van der Waals surface area contributed by atoms with E-state index in [1.165, 1.54) is 0 Å². The molecule has 6 nitrogen and oxygen atoms in total. The number of amides is 1. The summed E-state index contributed by atoms with van der Waals surface area (Å²) in [5, 5.41) is 0.208. The Kier molecular flexibility index (Phi) is 5.61. The first kappa shape index (κ1) is 15.8. The molecule has 1 aliphatic heterocycles. The smallest absolute Gasteiger partial charge is 0.410 e. The van der Waals surface area contributed by atoms with Crippen LogP contribution in [0.3, 0.4) is 0 Å². The number of carbonyl (C=O) groups is 1. The summed E-state index contributed by atoms with van der Waals surface area (Å²) in [5.74, 6) is 1.03. The molecule has 1 fully saturated rings. The van der Waals surface area contributed by atoms with Gasteiger partial charge in [-0.15, -0.1) is 0 Å². The predicted octanol–water partition coefficient (Wildman–Crippen LogP) is 2.77. The third-order valence-electron chi connectivity index (χ3n) is 3.29. The van der Waals surface area contributed by atoms with Crippen molar-refractivity contribution in [3.8, 4) is 5.75 Å². The molecule has 7 heteroatoms. The highest BCUT2D eigenvalue weighted by Crippen LogP contribution is 2.20. The van der Waals surface area contributed by atoms with Crippen molar-refractivity contribution in [2.24, 2.45) is 5.92 Å². The molecule has 0 saturated carbocycles. The fourth-order valence-corrected chi connectivity index (χ4v) is 2.25. The number of halogens is 1. The molecular formula is C14H20ClN3O3. The number of hydrogen-bond donors (Lipinski definition) is 0. The van der Waals surface area contributed by atoms with Crippen LogP contribution in [0.15, 0.2) is 12.4 Å². The van der Waals surface area contributed by atoms with Gasteiger partial charge in [-0.05, 0) is 44.2 Å². The van der Waals surface area contributed by atoms with Gasteiger partial charge in [-0.1, -0.05) is 0 Å². The lowest BCUT2D eigenvalue weighted by Crippen LogP contribution is -2.40. The van der Waals surface area contributed by atoms with Crippen LogP contribution in [0.2, 0.25) is 5.28 Å². The lowest BCUT2D eigenvalue weighted by atomic mass is 9.98. The molecule has 0 N–H and O–H groups in total. The summed E-state index contributed by atoms with van der Waals surface area (Å²) in [7, 11) is 0. The molecule has 116 valence electrons. The summed E-state index contributed by atoms with van der Waals surface area (Å²) >= 11 is 5.62. The molecule has 2 heterocycles. The highest BCUT2D eigenvalue weighted by molar-refractivity contribution is 6.28. The summed E-state index contributed by atoms with van der Waals surface area (Å²) in [5.41, 5.74) is 0. The molecule has 0 bridgehead atoms. The first-order chi connectivity index (χ1) is 10.0. The van der Waals surface area contributed by atoms with E-state index in [2.05, 4.69) is 9.97 Å². The molecule has 0 aromatic carbocycles. The average molecular weight is 314 g/mol. The monoisotopic (exact) mass is 313 g/mol. The fourth-order valence-electron chi connectivity index (χ4n) is 2.15. The van der Waals surface area contributed by atoms with E-state index in [0.29, 0.717) is 31.4 Å². The van der Waals surface area contributed by atoms with E-state index in [1.54, 1.807) is 17.3 Å². The van der Waals surface area contributed by atoms with Gasteiger partial charge in [0.25, 0.3) is 0 Å². The minimum atomic E-state index is -0.226. The van der Waals surface area contributed by atoms with E-state index in [9.17, 15) is 4.79 Å². The van der Waals surface area contributed by atoms with Crippen molar-refractivity contribution < 1.29 is 14.3 Å². The van der Waals surface area contributed by atoms with Crippen LogP contribution in [0.25, 0.3) is 0 Å².